The Hall–Kier alpha value is -4.31. The van der Waals surface area contributed by atoms with Crippen molar-refractivity contribution < 1.29 is 9.53 Å². The Kier molecular flexibility index (Phi) is 5.57. The van der Waals surface area contributed by atoms with Gasteiger partial charge in [-0.05, 0) is 41.8 Å². The molecule has 0 bridgehead atoms. The number of benzene rings is 4. The van der Waals surface area contributed by atoms with Crippen molar-refractivity contribution in [3.8, 4) is 17.0 Å². The highest BCUT2D eigenvalue weighted by Gasteiger charge is 2.40. The number of para-hydroxylation sites is 1. The number of hydrogen-bond acceptors (Lipinski definition) is 2. The number of carbonyl (C=O) groups is 1. The zero-order chi connectivity index (χ0) is 24.6. The summed E-state index contributed by atoms with van der Waals surface area (Å²) in [5.74, 6) is 0.906. The number of hydrogen-bond donors (Lipinski definition) is 0. The second-order valence-corrected chi connectivity index (χ2v) is 9.29. The maximum Gasteiger partial charge on any atom is 0.255 e. The van der Waals surface area contributed by atoms with E-state index in [0.29, 0.717) is 6.54 Å². The molecular weight excluding hydrogens is 444 g/mol. The lowest BCUT2D eigenvalue weighted by Crippen LogP contribution is -2.31. The number of nitrogens with zero attached hydrogens (tertiary/aromatic N) is 2. The minimum Gasteiger partial charge on any atom is -0.497 e. The fourth-order valence-corrected chi connectivity index (χ4v) is 5.63. The van der Waals surface area contributed by atoms with Crippen molar-refractivity contribution in [1.82, 2.24) is 9.47 Å². The highest BCUT2D eigenvalue weighted by Crippen LogP contribution is 2.46. The van der Waals surface area contributed by atoms with Gasteiger partial charge in [-0.2, -0.15) is 0 Å². The van der Waals surface area contributed by atoms with Gasteiger partial charge in [0, 0.05) is 41.2 Å². The van der Waals surface area contributed by atoms with Crippen LogP contribution in [0.15, 0.2) is 103 Å². The Labute approximate surface area is 211 Å². The monoisotopic (exact) mass is 472 g/mol. The Balaban J connectivity index is 1.57. The minimum atomic E-state index is -0.176. The summed E-state index contributed by atoms with van der Waals surface area (Å²) in [5.41, 5.74) is 7.57. The average molecular weight is 473 g/mol. The molecule has 4 nitrogen and oxygen atoms in total. The third-order valence-corrected chi connectivity index (χ3v) is 7.31. The molecule has 1 aromatic heterocycles. The zero-order valence-corrected chi connectivity index (χ0v) is 20.5. The lowest BCUT2D eigenvalue weighted by Gasteiger charge is -2.27. The molecule has 1 atom stereocenters. The molecule has 5 aromatic rings. The zero-order valence-electron chi connectivity index (χ0n) is 20.5. The molecule has 36 heavy (non-hydrogen) atoms. The molecule has 0 N–H and O–H groups in total. The normalized spacial score (nSPS) is 14.9. The van der Waals surface area contributed by atoms with E-state index in [0.717, 1.165) is 51.0 Å². The fourth-order valence-electron chi connectivity index (χ4n) is 5.63. The summed E-state index contributed by atoms with van der Waals surface area (Å²) >= 11 is 0. The standard InChI is InChI=1S/C32H28N2O2/c1-33-28-18-9-8-17-27(28)29(30(33)23-13-10-14-24(21-23)36-2)31-25-15-6-7-16-26(25)32(35)34(31)20-19-22-11-4-3-5-12-22/h3-18,21,31H,19-20H2,1-2H3. The summed E-state index contributed by atoms with van der Waals surface area (Å²) in [6.07, 6.45) is 0.802. The Morgan fingerprint density at radius 2 is 1.58 bits per heavy atom. The highest BCUT2D eigenvalue weighted by molar-refractivity contribution is 6.02. The van der Waals surface area contributed by atoms with E-state index in [1.54, 1.807) is 7.11 Å². The predicted octanol–water partition coefficient (Wildman–Crippen LogP) is 6.64. The molecular formula is C32H28N2O2. The Morgan fingerprint density at radius 3 is 2.42 bits per heavy atom. The molecule has 0 aliphatic carbocycles. The largest absolute Gasteiger partial charge is 0.497 e. The fraction of sp³-hybridized carbons (Fsp3) is 0.156. The first-order valence-corrected chi connectivity index (χ1v) is 12.3. The van der Waals surface area contributed by atoms with E-state index in [1.807, 2.05) is 36.4 Å². The van der Waals surface area contributed by atoms with Gasteiger partial charge in [0.2, 0.25) is 0 Å². The summed E-state index contributed by atoms with van der Waals surface area (Å²) < 4.78 is 7.81. The SMILES string of the molecule is COc1cccc(-c2c(C3c4ccccc4C(=O)N3CCc3ccccc3)c3ccccc3n2C)c1. The molecule has 0 fully saturated rings. The van der Waals surface area contributed by atoms with E-state index in [1.165, 1.54) is 5.56 Å². The molecule has 1 aliphatic heterocycles. The number of ether oxygens (including phenoxy) is 1. The first-order valence-electron chi connectivity index (χ1n) is 12.3. The number of carbonyl (C=O) groups excluding carboxylic acids is 1. The summed E-state index contributed by atoms with van der Waals surface area (Å²) in [6.45, 7) is 0.642. The summed E-state index contributed by atoms with van der Waals surface area (Å²) in [4.78, 5) is 15.9. The summed E-state index contributed by atoms with van der Waals surface area (Å²) in [5, 5.41) is 1.16. The molecule has 4 aromatic carbocycles. The van der Waals surface area contributed by atoms with E-state index < -0.39 is 0 Å². The average Bonchev–Trinajstić information content (AvgIpc) is 3.38. The molecule has 0 saturated carbocycles. The van der Waals surface area contributed by atoms with Crippen LogP contribution in [0, 0.1) is 0 Å². The van der Waals surface area contributed by atoms with E-state index in [4.69, 9.17) is 4.74 Å². The molecule has 0 spiro atoms. The molecule has 0 saturated heterocycles. The number of amides is 1. The van der Waals surface area contributed by atoms with Gasteiger partial charge in [0.1, 0.15) is 5.75 Å². The smallest absolute Gasteiger partial charge is 0.255 e. The first-order chi connectivity index (χ1) is 17.7. The molecule has 2 heterocycles. The minimum absolute atomic E-state index is 0.0936. The van der Waals surface area contributed by atoms with Gasteiger partial charge in [0.15, 0.2) is 0 Å². The summed E-state index contributed by atoms with van der Waals surface area (Å²) in [7, 11) is 3.80. The van der Waals surface area contributed by atoms with Gasteiger partial charge in [-0.1, -0.05) is 78.9 Å². The molecule has 4 heteroatoms. The Morgan fingerprint density at radius 1 is 0.833 bits per heavy atom. The van der Waals surface area contributed by atoms with Gasteiger partial charge in [-0.3, -0.25) is 4.79 Å². The quantitative estimate of drug-likeness (QED) is 0.278. The molecule has 1 aliphatic rings. The van der Waals surface area contributed by atoms with Crippen LogP contribution in [0.1, 0.15) is 33.1 Å². The molecule has 6 rings (SSSR count). The van der Waals surface area contributed by atoms with Crippen LogP contribution in [0.4, 0.5) is 0 Å². The van der Waals surface area contributed by atoms with Gasteiger partial charge in [0.25, 0.3) is 5.91 Å². The van der Waals surface area contributed by atoms with Crippen molar-refractivity contribution in [3.63, 3.8) is 0 Å². The second kappa shape index (κ2) is 9.04. The topological polar surface area (TPSA) is 34.5 Å². The van der Waals surface area contributed by atoms with Crippen LogP contribution in [0.2, 0.25) is 0 Å². The highest BCUT2D eigenvalue weighted by atomic mass is 16.5. The van der Waals surface area contributed by atoms with Gasteiger partial charge < -0.3 is 14.2 Å². The van der Waals surface area contributed by atoms with Crippen LogP contribution >= 0.6 is 0 Å². The molecule has 0 radical (unpaired) electrons. The second-order valence-electron chi connectivity index (χ2n) is 9.29. The number of methoxy groups -OCH3 is 1. The molecule has 178 valence electrons. The first kappa shape index (κ1) is 22.2. The lowest BCUT2D eigenvalue weighted by atomic mass is 9.93. The lowest BCUT2D eigenvalue weighted by molar-refractivity contribution is 0.0753. The van der Waals surface area contributed by atoms with Gasteiger partial charge in [-0.15, -0.1) is 0 Å². The number of rotatable bonds is 6. The van der Waals surface area contributed by atoms with Crippen molar-refractivity contribution in [2.75, 3.05) is 13.7 Å². The number of aromatic nitrogens is 1. The van der Waals surface area contributed by atoms with E-state index in [2.05, 4.69) is 83.2 Å². The third-order valence-electron chi connectivity index (χ3n) is 7.31. The third kappa shape index (κ3) is 3.57. The summed E-state index contributed by atoms with van der Waals surface area (Å²) in [6, 6.07) is 35.0. The van der Waals surface area contributed by atoms with Crippen LogP contribution in [-0.2, 0) is 13.5 Å². The van der Waals surface area contributed by atoms with Crippen molar-refractivity contribution in [3.05, 3.63) is 125 Å². The van der Waals surface area contributed by atoms with E-state index in [9.17, 15) is 4.79 Å². The van der Waals surface area contributed by atoms with Crippen LogP contribution in [0.25, 0.3) is 22.2 Å². The van der Waals surface area contributed by atoms with Gasteiger partial charge >= 0.3 is 0 Å². The van der Waals surface area contributed by atoms with Crippen LogP contribution in [0.5, 0.6) is 5.75 Å². The predicted molar refractivity (Wildman–Crippen MR) is 144 cm³/mol. The molecule has 1 unspecified atom stereocenters. The van der Waals surface area contributed by atoms with E-state index >= 15 is 0 Å². The van der Waals surface area contributed by atoms with Crippen LogP contribution < -0.4 is 4.74 Å². The van der Waals surface area contributed by atoms with E-state index in [-0.39, 0.29) is 11.9 Å². The van der Waals surface area contributed by atoms with Gasteiger partial charge in [0.05, 0.1) is 18.8 Å². The van der Waals surface area contributed by atoms with Crippen molar-refractivity contribution in [2.45, 2.75) is 12.5 Å². The van der Waals surface area contributed by atoms with Gasteiger partial charge in [-0.25, -0.2) is 0 Å². The number of fused-ring (bicyclic) bond motifs is 2. The Bertz CT molecular complexity index is 1570. The maximum atomic E-state index is 13.8. The van der Waals surface area contributed by atoms with Crippen molar-refractivity contribution in [2.24, 2.45) is 7.05 Å². The number of aryl methyl sites for hydroxylation is 1. The van der Waals surface area contributed by atoms with Crippen LogP contribution in [0.3, 0.4) is 0 Å². The van der Waals surface area contributed by atoms with Crippen LogP contribution in [-0.4, -0.2) is 29.0 Å². The van der Waals surface area contributed by atoms with Crippen molar-refractivity contribution >= 4 is 16.8 Å². The van der Waals surface area contributed by atoms with Crippen molar-refractivity contribution in [1.29, 1.82) is 0 Å². The molecule has 1 amide bonds. The maximum absolute atomic E-state index is 13.8.